The van der Waals surface area contributed by atoms with Crippen molar-refractivity contribution in [1.29, 1.82) is 0 Å². The third-order valence-corrected chi connectivity index (χ3v) is 6.84. The summed E-state index contributed by atoms with van der Waals surface area (Å²) in [5, 5.41) is 16.9. The smallest absolute Gasteiger partial charge is 0.352 e. The number of nitrogens with zero attached hydrogens (tertiary/aromatic N) is 4. The molecule has 0 aliphatic carbocycles. The molecule has 0 atom stereocenters. The van der Waals surface area contributed by atoms with E-state index in [9.17, 15) is 14.7 Å². The molecule has 0 saturated heterocycles. The van der Waals surface area contributed by atoms with Gasteiger partial charge in [0.2, 0.25) is 0 Å². The number of rotatable bonds is 5. The van der Waals surface area contributed by atoms with E-state index >= 15 is 0 Å². The van der Waals surface area contributed by atoms with Crippen molar-refractivity contribution in [3.63, 3.8) is 0 Å². The first-order valence-corrected chi connectivity index (χ1v) is 12.1. The van der Waals surface area contributed by atoms with Crippen LogP contribution in [-0.4, -0.2) is 36.3 Å². The fourth-order valence-corrected chi connectivity index (χ4v) is 4.89. The van der Waals surface area contributed by atoms with Crippen molar-refractivity contribution < 1.29 is 14.7 Å². The van der Waals surface area contributed by atoms with E-state index in [1.807, 2.05) is 54.6 Å². The van der Waals surface area contributed by atoms with E-state index < -0.39 is 5.97 Å². The van der Waals surface area contributed by atoms with Gasteiger partial charge in [0.15, 0.2) is 0 Å². The number of aromatic nitrogens is 4. The van der Waals surface area contributed by atoms with E-state index in [2.05, 4.69) is 15.4 Å². The zero-order valence-electron chi connectivity index (χ0n) is 20.1. The molecule has 186 valence electrons. The van der Waals surface area contributed by atoms with Crippen molar-refractivity contribution in [3.05, 3.63) is 107 Å². The van der Waals surface area contributed by atoms with E-state index in [-0.39, 0.29) is 11.6 Å². The largest absolute Gasteiger partial charge is 0.477 e. The van der Waals surface area contributed by atoms with Crippen LogP contribution in [0.1, 0.15) is 21.6 Å². The Balaban J connectivity index is 1.32. The number of carbonyl (C=O) groups excluding carboxylic acids is 1. The third-order valence-electron chi connectivity index (χ3n) is 6.53. The molecule has 0 unspecified atom stereocenters. The summed E-state index contributed by atoms with van der Waals surface area (Å²) in [6.45, 7) is 0. The van der Waals surface area contributed by atoms with Gasteiger partial charge in [0.05, 0.1) is 16.4 Å². The second-order valence-corrected chi connectivity index (χ2v) is 9.34. The lowest BCUT2D eigenvalue weighted by atomic mass is 9.96. The minimum absolute atomic E-state index is 0.139. The van der Waals surface area contributed by atoms with Crippen molar-refractivity contribution in [3.8, 4) is 27.9 Å². The number of fused-ring (bicyclic) bond motifs is 1. The molecule has 3 heterocycles. The van der Waals surface area contributed by atoms with Gasteiger partial charge in [-0.3, -0.25) is 4.79 Å². The molecular weight excluding hydrogens is 502 g/mol. The number of carbonyl (C=O) groups is 2. The van der Waals surface area contributed by atoms with Gasteiger partial charge in [0.1, 0.15) is 18.3 Å². The molecule has 0 bridgehead atoms. The van der Waals surface area contributed by atoms with Crippen molar-refractivity contribution in [1.82, 2.24) is 19.3 Å². The number of carboxylic acids is 1. The van der Waals surface area contributed by atoms with Crippen LogP contribution in [0.2, 0.25) is 5.02 Å². The Bertz CT molecular complexity index is 1730. The predicted octanol–water partition coefficient (Wildman–Crippen LogP) is 5.78. The molecule has 1 aliphatic rings. The second-order valence-electron chi connectivity index (χ2n) is 8.93. The van der Waals surface area contributed by atoms with Gasteiger partial charge in [-0.1, -0.05) is 48.0 Å². The minimum Gasteiger partial charge on any atom is -0.477 e. The molecule has 0 saturated carbocycles. The normalized spacial score (nSPS) is 13.5. The highest BCUT2D eigenvalue weighted by atomic mass is 35.5. The van der Waals surface area contributed by atoms with Crippen LogP contribution < -0.4 is 5.32 Å². The first-order chi connectivity index (χ1) is 18.4. The van der Waals surface area contributed by atoms with E-state index in [1.54, 1.807) is 36.4 Å². The minimum atomic E-state index is -1.03. The maximum atomic E-state index is 12.8. The number of anilines is 1. The molecular formula is C29H20ClN5O3. The van der Waals surface area contributed by atoms with E-state index in [0.717, 1.165) is 27.9 Å². The second kappa shape index (κ2) is 9.17. The molecule has 6 rings (SSSR count). The molecule has 9 heteroatoms. The summed E-state index contributed by atoms with van der Waals surface area (Å²) in [6, 6.07) is 21.3. The molecule has 0 radical (unpaired) electrons. The van der Waals surface area contributed by atoms with Crippen molar-refractivity contribution in [2.24, 2.45) is 7.05 Å². The predicted molar refractivity (Wildman–Crippen MR) is 146 cm³/mol. The number of benzene rings is 3. The average Bonchev–Trinajstić information content (AvgIpc) is 3.64. The van der Waals surface area contributed by atoms with Crippen LogP contribution in [0.25, 0.3) is 39.6 Å². The zero-order chi connectivity index (χ0) is 26.4. The number of hydrogen-bond donors (Lipinski definition) is 2. The first kappa shape index (κ1) is 23.4. The summed E-state index contributed by atoms with van der Waals surface area (Å²) in [5.74, 6) is -1.30. The number of carboxylic acid groups (broad SMARTS) is 1. The zero-order valence-corrected chi connectivity index (χ0v) is 20.8. The van der Waals surface area contributed by atoms with Crippen LogP contribution >= 0.6 is 11.6 Å². The molecule has 2 N–H and O–H groups in total. The molecule has 1 aliphatic heterocycles. The molecule has 38 heavy (non-hydrogen) atoms. The fourth-order valence-electron chi connectivity index (χ4n) is 4.61. The number of aryl methyl sites for hydroxylation is 1. The van der Waals surface area contributed by atoms with Crippen LogP contribution in [0, 0.1) is 0 Å². The lowest BCUT2D eigenvalue weighted by Crippen LogP contribution is -2.03. The Morgan fingerprint density at radius 2 is 1.66 bits per heavy atom. The van der Waals surface area contributed by atoms with Crippen LogP contribution in [-0.2, 0) is 11.8 Å². The summed E-state index contributed by atoms with van der Waals surface area (Å²) in [4.78, 5) is 28.2. The molecule has 0 fully saturated rings. The van der Waals surface area contributed by atoms with Crippen LogP contribution in [0.4, 0.5) is 5.69 Å². The van der Waals surface area contributed by atoms with Gasteiger partial charge in [0.25, 0.3) is 5.91 Å². The lowest BCUT2D eigenvalue weighted by Gasteiger charge is -2.10. The Labute approximate surface area is 222 Å². The molecule has 3 aromatic carbocycles. The topological polar surface area (TPSA) is 102 Å². The monoisotopic (exact) mass is 521 g/mol. The summed E-state index contributed by atoms with van der Waals surface area (Å²) in [7, 11) is 1.65. The highest BCUT2D eigenvalue weighted by Crippen LogP contribution is 2.41. The van der Waals surface area contributed by atoms with Gasteiger partial charge in [-0.15, -0.1) is 0 Å². The maximum Gasteiger partial charge on any atom is 0.352 e. The summed E-state index contributed by atoms with van der Waals surface area (Å²) in [6.07, 6.45) is 6.52. The number of amides is 1. The summed E-state index contributed by atoms with van der Waals surface area (Å²) >= 11 is 6.63. The van der Waals surface area contributed by atoms with E-state index in [1.165, 1.54) is 17.0 Å². The molecule has 0 spiro atoms. The number of aromatic carboxylic acids is 1. The highest BCUT2D eigenvalue weighted by Gasteiger charge is 2.26. The van der Waals surface area contributed by atoms with Crippen molar-refractivity contribution >= 4 is 40.8 Å². The van der Waals surface area contributed by atoms with Crippen LogP contribution in [0.3, 0.4) is 0 Å². The maximum absolute atomic E-state index is 12.8. The Hall–Kier alpha value is -4.95. The van der Waals surface area contributed by atoms with Gasteiger partial charge >= 0.3 is 5.97 Å². The van der Waals surface area contributed by atoms with Gasteiger partial charge in [-0.25, -0.2) is 14.5 Å². The average molecular weight is 522 g/mol. The Morgan fingerprint density at radius 3 is 2.29 bits per heavy atom. The standard InChI is InChI=1S/C29H20ClN5O3/c1-34-14-17(11-27(34)29(37)38)10-24-23-12-22(25(30)13-26(23)33-28(24)36)20-4-2-18(3-5-20)19-6-8-21(9-7-19)35-16-31-15-32-35/h2-16H,1H3,(H,33,36)(H,37,38). The van der Waals surface area contributed by atoms with Crippen LogP contribution in [0.5, 0.6) is 0 Å². The number of nitrogens with one attached hydrogen (secondary N) is 1. The van der Waals surface area contributed by atoms with Gasteiger partial charge in [-0.05, 0) is 58.7 Å². The highest BCUT2D eigenvalue weighted by molar-refractivity contribution is 6.38. The Kier molecular flexibility index (Phi) is 5.66. The quantitative estimate of drug-likeness (QED) is 0.285. The summed E-state index contributed by atoms with van der Waals surface area (Å²) < 4.78 is 3.22. The summed E-state index contributed by atoms with van der Waals surface area (Å²) in [5.41, 5.74) is 7.28. The lowest BCUT2D eigenvalue weighted by molar-refractivity contribution is -0.110. The number of hydrogen-bond acceptors (Lipinski definition) is 4. The van der Waals surface area contributed by atoms with Gasteiger partial charge in [-0.2, -0.15) is 5.10 Å². The molecule has 1 amide bonds. The molecule has 8 nitrogen and oxygen atoms in total. The third kappa shape index (κ3) is 4.16. The molecule has 5 aromatic rings. The first-order valence-electron chi connectivity index (χ1n) is 11.7. The van der Waals surface area contributed by atoms with Crippen molar-refractivity contribution in [2.75, 3.05) is 5.32 Å². The van der Waals surface area contributed by atoms with Gasteiger partial charge in [0, 0.05) is 29.9 Å². The van der Waals surface area contributed by atoms with E-state index in [0.29, 0.717) is 27.4 Å². The van der Waals surface area contributed by atoms with E-state index in [4.69, 9.17) is 11.6 Å². The van der Waals surface area contributed by atoms with Crippen LogP contribution in [0.15, 0.2) is 85.6 Å². The van der Waals surface area contributed by atoms with Gasteiger partial charge < -0.3 is 15.0 Å². The fraction of sp³-hybridized carbons (Fsp3) is 0.0345. The molecule has 2 aromatic heterocycles. The Morgan fingerprint density at radius 1 is 0.974 bits per heavy atom. The SMILES string of the molecule is Cn1cc(C=C2C(=O)Nc3cc(Cl)c(-c4ccc(-c5ccc(-n6cncn6)cc5)cc4)cc32)cc1C(=O)O. The van der Waals surface area contributed by atoms with Crippen molar-refractivity contribution in [2.45, 2.75) is 0 Å². The number of halogens is 1.